The van der Waals surface area contributed by atoms with Gasteiger partial charge >= 0.3 is 0 Å². The van der Waals surface area contributed by atoms with Crippen LogP contribution < -0.4 is 10.1 Å². The molecule has 1 atom stereocenters. The fraction of sp³-hybridized carbons (Fsp3) is 0.176. The SMILES string of the molecule is COc1cccc(C[C@H](C#N)C(=O)Nc2ccc(F)cc2)c1. The minimum Gasteiger partial charge on any atom is -0.497 e. The van der Waals surface area contributed by atoms with E-state index in [-0.39, 0.29) is 12.2 Å². The van der Waals surface area contributed by atoms with Gasteiger partial charge in [-0.2, -0.15) is 5.26 Å². The first-order chi connectivity index (χ1) is 10.6. The van der Waals surface area contributed by atoms with Crippen molar-refractivity contribution in [3.8, 4) is 11.8 Å². The number of ether oxygens (including phenoxy) is 1. The summed E-state index contributed by atoms with van der Waals surface area (Å²) in [6.07, 6.45) is 0.279. The molecule has 0 spiro atoms. The smallest absolute Gasteiger partial charge is 0.242 e. The van der Waals surface area contributed by atoms with E-state index in [2.05, 4.69) is 5.32 Å². The molecule has 0 aromatic heterocycles. The van der Waals surface area contributed by atoms with Gasteiger partial charge < -0.3 is 10.1 Å². The van der Waals surface area contributed by atoms with Crippen LogP contribution in [0.15, 0.2) is 48.5 Å². The highest BCUT2D eigenvalue weighted by atomic mass is 19.1. The number of benzene rings is 2. The Labute approximate surface area is 128 Å². The number of methoxy groups -OCH3 is 1. The number of carbonyl (C=O) groups excluding carboxylic acids is 1. The molecule has 2 rings (SSSR count). The standard InChI is InChI=1S/C17H15FN2O2/c1-22-16-4-2-3-12(10-16)9-13(11-19)17(21)20-15-7-5-14(18)6-8-15/h2-8,10,13H,9H2,1H3,(H,20,21)/t13-/m1/s1. The van der Waals surface area contributed by atoms with E-state index in [0.717, 1.165) is 5.56 Å². The van der Waals surface area contributed by atoms with Crippen molar-refractivity contribution >= 4 is 11.6 Å². The maximum absolute atomic E-state index is 12.8. The quantitative estimate of drug-likeness (QED) is 0.922. The molecule has 2 aromatic carbocycles. The average Bonchev–Trinajstić information content (AvgIpc) is 2.54. The summed E-state index contributed by atoms with van der Waals surface area (Å²) >= 11 is 0. The lowest BCUT2D eigenvalue weighted by Gasteiger charge is -2.11. The topological polar surface area (TPSA) is 62.1 Å². The Balaban J connectivity index is 2.05. The Morgan fingerprint density at radius 1 is 1.32 bits per heavy atom. The number of carbonyl (C=O) groups is 1. The lowest BCUT2D eigenvalue weighted by Crippen LogP contribution is -2.23. The van der Waals surface area contributed by atoms with Gasteiger partial charge in [0.05, 0.1) is 13.2 Å². The lowest BCUT2D eigenvalue weighted by molar-refractivity contribution is -0.118. The Morgan fingerprint density at radius 2 is 2.05 bits per heavy atom. The average molecular weight is 298 g/mol. The molecular weight excluding hydrogens is 283 g/mol. The monoisotopic (exact) mass is 298 g/mol. The Bertz CT molecular complexity index is 693. The van der Waals surface area contributed by atoms with E-state index in [9.17, 15) is 14.4 Å². The van der Waals surface area contributed by atoms with Gasteiger partial charge in [0.25, 0.3) is 0 Å². The second-order valence-electron chi connectivity index (χ2n) is 4.73. The maximum atomic E-state index is 12.8. The van der Waals surface area contributed by atoms with Crippen LogP contribution in [-0.2, 0) is 11.2 Å². The van der Waals surface area contributed by atoms with Crippen molar-refractivity contribution in [1.29, 1.82) is 5.26 Å². The summed E-state index contributed by atoms with van der Waals surface area (Å²) in [5.74, 6) is -0.964. The summed E-state index contributed by atoms with van der Waals surface area (Å²) in [4.78, 5) is 12.1. The molecule has 1 amide bonds. The van der Waals surface area contributed by atoms with Crippen LogP contribution >= 0.6 is 0 Å². The molecule has 0 unspecified atom stereocenters. The van der Waals surface area contributed by atoms with Gasteiger partial charge in [0.2, 0.25) is 5.91 Å². The van der Waals surface area contributed by atoms with Crippen LogP contribution in [0.5, 0.6) is 5.75 Å². The van der Waals surface area contributed by atoms with Crippen molar-refractivity contribution in [2.45, 2.75) is 6.42 Å². The molecule has 22 heavy (non-hydrogen) atoms. The summed E-state index contributed by atoms with van der Waals surface area (Å²) in [6.45, 7) is 0. The molecule has 0 saturated heterocycles. The van der Waals surface area contributed by atoms with Crippen LogP contribution in [0.25, 0.3) is 0 Å². The summed E-state index contributed by atoms with van der Waals surface area (Å²) < 4.78 is 17.9. The van der Waals surface area contributed by atoms with Gasteiger partial charge in [0, 0.05) is 5.69 Å². The zero-order valence-corrected chi connectivity index (χ0v) is 12.0. The third kappa shape index (κ3) is 4.06. The van der Waals surface area contributed by atoms with Crippen LogP contribution in [0.2, 0.25) is 0 Å². The van der Waals surface area contributed by atoms with E-state index < -0.39 is 11.8 Å². The molecule has 0 aliphatic rings. The second kappa shape index (κ2) is 7.23. The Kier molecular flexibility index (Phi) is 5.10. The summed E-state index contributed by atoms with van der Waals surface area (Å²) in [6, 6.07) is 14.6. The molecule has 0 aliphatic heterocycles. The summed E-state index contributed by atoms with van der Waals surface area (Å²) in [5, 5.41) is 11.8. The lowest BCUT2D eigenvalue weighted by atomic mass is 9.99. The number of nitrogens with zero attached hydrogens (tertiary/aromatic N) is 1. The third-order valence-electron chi connectivity index (χ3n) is 3.16. The highest BCUT2D eigenvalue weighted by molar-refractivity contribution is 5.94. The molecule has 0 aliphatic carbocycles. The summed E-state index contributed by atoms with van der Waals surface area (Å²) in [7, 11) is 1.56. The first-order valence-electron chi connectivity index (χ1n) is 6.71. The molecule has 4 nitrogen and oxygen atoms in total. The Morgan fingerprint density at radius 3 is 2.68 bits per heavy atom. The predicted molar refractivity (Wildman–Crippen MR) is 80.8 cm³/mol. The number of hydrogen-bond donors (Lipinski definition) is 1. The van der Waals surface area contributed by atoms with Crippen LogP contribution in [0.1, 0.15) is 5.56 Å². The fourth-order valence-corrected chi connectivity index (χ4v) is 1.99. The number of amides is 1. The van der Waals surface area contributed by atoms with Crippen molar-refractivity contribution in [3.05, 3.63) is 59.9 Å². The van der Waals surface area contributed by atoms with E-state index in [0.29, 0.717) is 11.4 Å². The minimum atomic E-state index is -0.836. The molecule has 0 heterocycles. The van der Waals surface area contributed by atoms with Crippen molar-refractivity contribution in [2.24, 2.45) is 5.92 Å². The second-order valence-corrected chi connectivity index (χ2v) is 4.73. The van der Waals surface area contributed by atoms with Crippen LogP contribution in [0.3, 0.4) is 0 Å². The van der Waals surface area contributed by atoms with E-state index in [4.69, 9.17) is 4.74 Å². The number of rotatable bonds is 5. The van der Waals surface area contributed by atoms with E-state index in [1.54, 1.807) is 25.3 Å². The van der Waals surface area contributed by atoms with E-state index in [1.165, 1.54) is 24.3 Å². The first-order valence-corrected chi connectivity index (χ1v) is 6.71. The van der Waals surface area contributed by atoms with Crippen molar-refractivity contribution in [1.82, 2.24) is 0 Å². The molecule has 0 fully saturated rings. The highest BCUT2D eigenvalue weighted by Crippen LogP contribution is 2.17. The Hall–Kier alpha value is -2.87. The van der Waals surface area contributed by atoms with Crippen LogP contribution in [0, 0.1) is 23.1 Å². The number of hydrogen-bond acceptors (Lipinski definition) is 3. The van der Waals surface area contributed by atoms with Crippen molar-refractivity contribution < 1.29 is 13.9 Å². The minimum absolute atomic E-state index is 0.279. The van der Waals surface area contributed by atoms with Crippen molar-refractivity contribution in [3.63, 3.8) is 0 Å². The number of halogens is 1. The van der Waals surface area contributed by atoms with Crippen molar-refractivity contribution in [2.75, 3.05) is 12.4 Å². The van der Waals surface area contributed by atoms with Crippen LogP contribution in [0.4, 0.5) is 10.1 Å². The number of nitrogens with one attached hydrogen (secondary N) is 1. The molecule has 5 heteroatoms. The molecule has 0 bridgehead atoms. The number of nitriles is 1. The number of anilines is 1. The zero-order valence-electron chi connectivity index (χ0n) is 12.0. The zero-order chi connectivity index (χ0) is 15.9. The van der Waals surface area contributed by atoms with E-state index in [1.807, 2.05) is 12.1 Å². The first kappa shape index (κ1) is 15.5. The van der Waals surface area contributed by atoms with Gasteiger partial charge in [-0.25, -0.2) is 4.39 Å². The van der Waals surface area contributed by atoms with E-state index >= 15 is 0 Å². The molecule has 0 radical (unpaired) electrons. The largest absolute Gasteiger partial charge is 0.497 e. The molecule has 112 valence electrons. The fourth-order valence-electron chi connectivity index (χ4n) is 1.99. The van der Waals surface area contributed by atoms with Gasteiger partial charge in [-0.05, 0) is 48.4 Å². The molecular formula is C17H15FN2O2. The van der Waals surface area contributed by atoms with Gasteiger partial charge in [0.1, 0.15) is 17.5 Å². The molecule has 0 saturated carbocycles. The maximum Gasteiger partial charge on any atom is 0.242 e. The van der Waals surface area contributed by atoms with Gasteiger partial charge in [-0.3, -0.25) is 4.79 Å². The summed E-state index contributed by atoms with van der Waals surface area (Å²) in [5.41, 5.74) is 1.29. The van der Waals surface area contributed by atoms with Gasteiger partial charge in [-0.1, -0.05) is 12.1 Å². The normalized spacial score (nSPS) is 11.3. The van der Waals surface area contributed by atoms with Gasteiger partial charge in [0.15, 0.2) is 0 Å². The van der Waals surface area contributed by atoms with Crippen LogP contribution in [-0.4, -0.2) is 13.0 Å². The van der Waals surface area contributed by atoms with Gasteiger partial charge in [-0.15, -0.1) is 0 Å². The molecule has 2 aromatic rings. The third-order valence-corrected chi connectivity index (χ3v) is 3.16. The predicted octanol–water partition coefficient (Wildman–Crippen LogP) is 3.16. The molecule has 1 N–H and O–H groups in total. The highest BCUT2D eigenvalue weighted by Gasteiger charge is 2.18.